The molecule has 1 rings (SSSR count). The van der Waals surface area contributed by atoms with Crippen LogP contribution in [0.25, 0.3) is 0 Å². The summed E-state index contributed by atoms with van der Waals surface area (Å²) in [5.41, 5.74) is 4.23. The largest absolute Gasteiger partial charge is 0.514 e. The van der Waals surface area contributed by atoms with Crippen LogP contribution >= 0.6 is 0 Å². The van der Waals surface area contributed by atoms with Crippen molar-refractivity contribution in [2.45, 2.75) is 105 Å². The molecule has 0 aliphatic heterocycles. The number of hydrogen-bond donors (Lipinski definition) is 1. The molecule has 0 radical (unpaired) electrons. The van der Waals surface area contributed by atoms with Crippen LogP contribution in [0.4, 0.5) is 9.59 Å². The third-order valence-corrected chi connectivity index (χ3v) is 5.14. The smallest absolute Gasteiger partial charge is 0.461 e. The fourth-order valence-electron chi connectivity index (χ4n) is 2.73. The lowest BCUT2D eigenvalue weighted by atomic mass is 9.91. The fourth-order valence-corrected chi connectivity index (χ4v) is 2.73. The zero-order valence-electron chi connectivity index (χ0n) is 24.7. The van der Waals surface area contributed by atoms with E-state index >= 15 is 0 Å². The van der Waals surface area contributed by atoms with E-state index in [1.807, 2.05) is 6.92 Å². The minimum absolute atomic E-state index is 0.00721. The van der Waals surface area contributed by atoms with E-state index in [1.54, 1.807) is 68.4 Å². The van der Waals surface area contributed by atoms with Crippen LogP contribution in [0, 0.1) is 5.41 Å². The second-order valence-corrected chi connectivity index (χ2v) is 11.8. The highest BCUT2D eigenvalue weighted by Crippen LogP contribution is 2.31. The maximum absolute atomic E-state index is 12.5. The summed E-state index contributed by atoms with van der Waals surface area (Å²) in [5, 5.41) is 0. The van der Waals surface area contributed by atoms with Crippen LogP contribution in [0.15, 0.2) is 18.2 Å². The Balaban J connectivity index is 2.94. The van der Waals surface area contributed by atoms with Gasteiger partial charge in [0.2, 0.25) is 0 Å². The van der Waals surface area contributed by atoms with Gasteiger partial charge in [0.05, 0.1) is 5.41 Å². The maximum Gasteiger partial charge on any atom is 0.514 e. The third-order valence-electron chi connectivity index (χ3n) is 5.14. The van der Waals surface area contributed by atoms with Crippen molar-refractivity contribution >= 4 is 24.2 Å². The standard InChI is InChI=1S/C28H43NO10/c1-11-28(9,10)23(31)35-17(2)16-34-22(30)19(29)14-18-12-13-20(36-24(32)38-26(3,4)5)21(15-18)37-25(33)39-27(6,7)8/h12-13,15,17,19H,11,14,16,29H2,1-10H3/t17-,19-/m0/s1. The topological polar surface area (TPSA) is 150 Å². The van der Waals surface area contributed by atoms with Gasteiger partial charge in [-0.25, -0.2) is 9.59 Å². The van der Waals surface area contributed by atoms with E-state index in [9.17, 15) is 19.2 Å². The molecule has 0 aliphatic carbocycles. The van der Waals surface area contributed by atoms with Gasteiger partial charge in [-0.05, 0) is 92.9 Å². The summed E-state index contributed by atoms with van der Waals surface area (Å²) < 4.78 is 31.4. The SMILES string of the molecule is CCC(C)(C)C(=O)O[C@@H](C)COC(=O)[C@@H](N)Cc1ccc(OC(=O)OC(C)(C)C)c(OC(=O)OC(C)(C)C)c1. The zero-order chi connectivity index (χ0) is 30.2. The lowest BCUT2D eigenvalue weighted by Gasteiger charge is -2.23. The van der Waals surface area contributed by atoms with Crippen LogP contribution in [0.5, 0.6) is 11.5 Å². The van der Waals surface area contributed by atoms with Crippen molar-refractivity contribution in [3.8, 4) is 11.5 Å². The molecular weight excluding hydrogens is 510 g/mol. The number of nitrogens with two attached hydrogens (primary N) is 1. The predicted molar refractivity (Wildman–Crippen MR) is 142 cm³/mol. The monoisotopic (exact) mass is 553 g/mol. The Morgan fingerprint density at radius 2 is 1.36 bits per heavy atom. The van der Waals surface area contributed by atoms with Crippen LogP contribution in [-0.2, 0) is 35.0 Å². The van der Waals surface area contributed by atoms with Gasteiger partial charge in [-0.15, -0.1) is 0 Å². The second kappa shape index (κ2) is 13.6. The quantitative estimate of drug-likeness (QED) is 0.234. The molecule has 11 heteroatoms. The second-order valence-electron chi connectivity index (χ2n) is 11.8. The molecule has 1 aromatic rings. The van der Waals surface area contributed by atoms with Gasteiger partial charge in [-0.1, -0.05) is 13.0 Å². The summed E-state index contributed by atoms with van der Waals surface area (Å²) >= 11 is 0. The van der Waals surface area contributed by atoms with Crippen LogP contribution in [0.3, 0.4) is 0 Å². The maximum atomic E-state index is 12.5. The number of benzene rings is 1. The Kier molecular flexibility index (Phi) is 11.8. The minimum Gasteiger partial charge on any atom is -0.461 e. The molecule has 11 nitrogen and oxygen atoms in total. The summed E-state index contributed by atoms with van der Waals surface area (Å²) in [7, 11) is 0. The molecule has 2 atom stereocenters. The van der Waals surface area contributed by atoms with Gasteiger partial charge in [0.15, 0.2) is 11.5 Å². The van der Waals surface area contributed by atoms with E-state index in [1.165, 1.54) is 12.1 Å². The summed E-state index contributed by atoms with van der Waals surface area (Å²) in [5.74, 6) is -1.33. The first kappa shape index (κ1) is 33.7. The molecule has 220 valence electrons. The molecule has 2 N–H and O–H groups in total. The van der Waals surface area contributed by atoms with Crippen LogP contribution in [0.2, 0.25) is 0 Å². The Morgan fingerprint density at radius 1 is 0.846 bits per heavy atom. The Bertz CT molecular complexity index is 1020. The Hall–Kier alpha value is -3.34. The van der Waals surface area contributed by atoms with Crippen molar-refractivity contribution in [3.05, 3.63) is 23.8 Å². The summed E-state index contributed by atoms with van der Waals surface area (Å²) in [4.78, 5) is 49.2. The first-order valence-electron chi connectivity index (χ1n) is 12.8. The Labute approximate surface area is 230 Å². The predicted octanol–water partition coefficient (Wildman–Crippen LogP) is 5.10. The number of carbonyl (C=O) groups excluding carboxylic acids is 4. The average molecular weight is 554 g/mol. The molecule has 0 bridgehead atoms. The van der Waals surface area contributed by atoms with Gasteiger partial charge in [0, 0.05) is 0 Å². The molecule has 0 amide bonds. The molecule has 1 aromatic carbocycles. The molecule has 0 aromatic heterocycles. The molecule has 0 saturated heterocycles. The van der Waals surface area contributed by atoms with Gasteiger partial charge in [-0.3, -0.25) is 9.59 Å². The molecule has 0 heterocycles. The van der Waals surface area contributed by atoms with Gasteiger partial charge >= 0.3 is 24.2 Å². The molecule has 0 spiro atoms. The van der Waals surface area contributed by atoms with Crippen molar-refractivity contribution in [3.63, 3.8) is 0 Å². The normalized spacial score (nSPS) is 13.5. The van der Waals surface area contributed by atoms with Gasteiger partial charge in [0.25, 0.3) is 0 Å². The summed E-state index contributed by atoms with van der Waals surface area (Å²) in [6, 6.07) is 3.25. The molecular formula is C28H43NO10. The van der Waals surface area contributed by atoms with Gasteiger partial charge in [0.1, 0.15) is 30.0 Å². The lowest BCUT2D eigenvalue weighted by molar-refractivity contribution is -0.166. The highest BCUT2D eigenvalue weighted by molar-refractivity contribution is 5.77. The van der Waals surface area contributed by atoms with Crippen LogP contribution in [-0.4, -0.2) is 54.2 Å². The number of esters is 2. The average Bonchev–Trinajstić information content (AvgIpc) is 2.76. The number of carbonyl (C=O) groups is 4. The van der Waals surface area contributed by atoms with Crippen LogP contribution < -0.4 is 15.2 Å². The van der Waals surface area contributed by atoms with Gasteiger partial charge in [-0.2, -0.15) is 0 Å². The number of hydrogen-bond acceptors (Lipinski definition) is 11. The first-order chi connectivity index (χ1) is 17.7. The van der Waals surface area contributed by atoms with Crippen molar-refractivity contribution in [1.82, 2.24) is 0 Å². The minimum atomic E-state index is -1.08. The molecule has 39 heavy (non-hydrogen) atoms. The third kappa shape index (κ3) is 12.8. The number of ether oxygens (including phenoxy) is 6. The first-order valence-corrected chi connectivity index (χ1v) is 12.8. The van der Waals surface area contributed by atoms with E-state index in [0.29, 0.717) is 12.0 Å². The zero-order valence-corrected chi connectivity index (χ0v) is 24.7. The summed E-state index contributed by atoms with van der Waals surface area (Å²) in [6.45, 7) is 16.9. The molecule has 0 aliphatic rings. The van der Waals surface area contributed by atoms with Crippen molar-refractivity contribution in [2.24, 2.45) is 11.1 Å². The highest BCUT2D eigenvalue weighted by Gasteiger charge is 2.29. The van der Waals surface area contributed by atoms with Crippen molar-refractivity contribution in [2.75, 3.05) is 6.61 Å². The number of rotatable bonds is 10. The van der Waals surface area contributed by atoms with E-state index in [0.717, 1.165) is 0 Å². The van der Waals surface area contributed by atoms with Crippen molar-refractivity contribution in [1.29, 1.82) is 0 Å². The lowest BCUT2D eigenvalue weighted by Crippen LogP contribution is -2.37. The van der Waals surface area contributed by atoms with Crippen molar-refractivity contribution < 1.29 is 47.6 Å². The van der Waals surface area contributed by atoms with E-state index in [-0.39, 0.29) is 30.5 Å². The Morgan fingerprint density at radius 3 is 1.85 bits per heavy atom. The van der Waals surface area contributed by atoms with E-state index in [4.69, 9.17) is 34.2 Å². The highest BCUT2D eigenvalue weighted by atomic mass is 16.8. The van der Waals surface area contributed by atoms with Crippen LogP contribution in [0.1, 0.15) is 81.2 Å². The fraction of sp³-hybridized carbons (Fsp3) is 0.643. The molecule has 0 saturated carbocycles. The van der Waals surface area contributed by atoms with Gasteiger partial charge < -0.3 is 34.2 Å². The van der Waals surface area contributed by atoms with E-state index < -0.39 is 47.0 Å². The summed E-state index contributed by atoms with van der Waals surface area (Å²) in [6.07, 6.45) is -2.07. The molecule has 0 fully saturated rings. The van der Waals surface area contributed by atoms with E-state index in [2.05, 4.69) is 0 Å². The molecule has 0 unspecified atom stereocenters.